The fourth-order valence-corrected chi connectivity index (χ4v) is 1.11. The Labute approximate surface area is 86.8 Å². The minimum atomic E-state index is -4.53. The van der Waals surface area contributed by atoms with Gasteiger partial charge in [-0.1, -0.05) is 0 Å². The van der Waals surface area contributed by atoms with Crippen LogP contribution in [0.5, 0.6) is 0 Å². The summed E-state index contributed by atoms with van der Waals surface area (Å²) < 4.78 is 38.1. The van der Waals surface area contributed by atoms with E-state index in [9.17, 15) is 13.2 Å². The minimum Gasteiger partial charge on any atom is -0.312 e. The summed E-state index contributed by atoms with van der Waals surface area (Å²) in [5.74, 6) is 0.574. The van der Waals surface area contributed by atoms with Gasteiger partial charge in [-0.2, -0.15) is 0 Å². The fraction of sp³-hybridized carbons (Fsp3) is 1.00. The number of alkyl halides is 4. The molecule has 0 amide bonds. The van der Waals surface area contributed by atoms with Gasteiger partial charge >= 0.3 is 6.36 Å². The normalized spacial score (nSPS) is 14.4. The zero-order chi connectivity index (χ0) is 11.0. The molecule has 0 aromatic carbocycles. The van der Waals surface area contributed by atoms with Crippen molar-refractivity contribution in [3.05, 3.63) is 0 Å². The van der Waals surface area contributed by atoms with Crippen molar-refractivity contribution >= 4 is 11.6 Å². The summed E-state index contributed by atoms with van der Waals surface area (Å²) >= 11 is 5.47. The van der Waals surface area contributed by atoms with Crippen LogP contribution in [-0.4, -0.2) is 31.4 Å². The molecular formula is C8H15ClF3NO. The Bertz CT molecular complexity index is 143. The van der Waals surface area contributed by atoms with E-state index in [1.54, 1.807) is 0 Å². The van der Waals surface area contributed by atoms with Gasteiger partial charge in [0.15, 0.2) is 0 Å². The van der Waals surface area contributed by atoms with E-state index in [-0.39, 0.29) is 19.2 Å². The van der Waals surface area contributed by atoms with Crippen LogP contribution in [0, 0.1) is 0 Å². The quantitative estimate of drug-likeness (QED) is 0.539. The first kappa shape index (κ1) is 14.0. The standard InChI is InChI=1S/C8H15ClF3NO/c1-7(3-2-4-9)13-5-6-14-8(10,11)12/h7,13H,2-6H2,1H3. The first-order valence-corrected chi connectivity index (χ1v) is 4.99. The van der Waals surface area contributed by atoms with Crippen molar-refractivity contribution < 1.29 is 17.9 Å². The van der Waals surface area contributed by atoms with Gasteiger partial charge in [-0.25, -0.2) is 0 Å². The van der Waals surface area contributed by atoms with Crippen molar-refractivity contribution in [2.45, 2.75) is 32.2 Å². The molecular weight excluding hydrogens is 219 g/mol. The lowest BCUT2D eigenvalue weighted by molar-refractivity contribution is -0.323. The van der Waals surface area contributed by atoms with Crippen LogP contribution in [-0.2, 0) is 4.74 Å². The molecule has 1 atom stereocenters. The molecule has 0 rings (SSSR count). The SMILES string of the molecule is CC(CCCCl)NCCOC(F)(F)F. The third kappa shape index (κ3) is 10.1. The molecule has 0 aromatic heterocycles. The molecule has 14 heavy (non-hydrogen) atoms. The fourth-order valence-electron chi connectivity index (χ4n) is 0.957. The van der Waals surface area contributed by atoms with E-state index < -0.39 is 6.36 Å². The monoisotopic (exact) mass is 233 g/mol. The molecule has 0 aromatic rings. The lowest BCUT2D eigenvalue weighted by Gasteiger charge is -2.13. The van der Waals surface area contributed by atoms with Gasteiger partial charge in [-0.05, 0) is 19.8 Å². The second kappa shape index (κ2) is 7.31. The van der Waals surface area contributed by atoms with Gasteiger partial charge in [0.1, 0.15) is 0 Å². The Hall–Kier alpha value is -0.0000000000000000555. The van der Waals surface area contributed by atoms with E-state index in [2.05, 4.69) is 10.1 Å². The highest BCUT2D eigenvalue weighted by Crippen LogP contribution is 2.15. The molecule has 86 valence electrons. The van der Waals surface area contributed by atoms with E-state index >= 15 is 0 Å². The first-order chi connectivity index (χ1) is 6.45. The Morgan fingerprint density at radius 2 is 2.07 bits per heavy atom. The van der Waals surface area contributed by atoms with Gasteiger partial charge in [0.2, 0.25) is 0 Å². The molecule has 2 nitrogen and oxygen atoms in total. The predicted octanol–water partition coefficient (Wildman–Crippen LogP) is 2.52. The molecule has 0 bridgehead atoms. The Balaban J connectivity index is 3.27. The summed E-state index contributed by atoms with van der Waals surface area (Å²) in [5, 5.41) is 2.91. The van der Waals surface area contributed by atoms with Crippen molar-refractivity contribution in [3.8, 4) is 0 Å². The first-order valence-electron chi connectivity index (χ1n) is 4.45. The van der Waals surface area contributed by atoms with Gasteiger partial charge in [0.05, 0.1) is 6.61 Å². The average Bonchev–Trinajstić information content (AvgIpc) is 2.07. The molecule has 0 fully saturated rings. The van der Waals surface area contributed by atoms with Crippen molar-refractivity contribution in [1.82, 2.24) is 5.32 Å². The number of halogens is 4. The van der Waals surface area contributed by atoms with Crippen molar-refractivity contribution in [1.29, 1.82) is 0 Å². The molecule has 0 spiro atoms. The number of nitrogens with one attached hydrogen (secondary N) is 1. The molecule has 0 aliphatic rings. The van der Waals surface area contributed by atoms with Crippen LogP contribution in [0.3, 0.4) is 0 Å². The van der Waals surface area contributed by atoms with Crippen LogP contribution < -0.4 is 5.32 Å². The third-order valence-electron chi connectivity index (χ3n) is 1.63. The maximum Gasteiger partial charge on any atom is 0.522 e. The molecule has 0 aliphatic carbocycles. The van der Waals surface area contributed by atoms with Gasteiger partial charge < -0.3 is 5.32 Å². The summed E-state index contributed by atoms with van der Waals surface area (Å²) in [7, 11) is 0. The molecule has 0 aliphatic heterocycles. The molecule has 0 saturated carbocycles. The molecule has 0 saturated heterocycles. The molecule has 0 heterocycles. The topological polar surface area (TPSA) is 21.3 Å². The van der Waals surface area contributed by atoms with Crippen molar-refractivity contribution in [2.75, 3.05) is 19.0 Å². The maximum atomic E-state index is 11.5. The number of hydrogen-bond donors (Lipinski definition) is 1. The van der Waals surface area contributed by atoms with E-state index in [1.807, 2.05) is 6.92 Å². The van der Waals surface area contributed by atoms with Gasteiger partial charge in [-0.3, -0.25) is 4.74 Å². The van der Waals surface area contributed by atoms with E-state index in [1.165, 1.54) is 0 Å². The van der Waals surface area contributed by atoms with Crippen LogP contribution in [0.15, 0.2) is 0 Å². The summed E-state index contributed by atoms with van der Waals surface area (Å²) in [6.07, 6.45) is -2.81. The summed E-state index contributed by atoms with van der Waals surface area (Å²) in [6, 6.07) is 0.172. The lowest BCUT2D eigenvalue weighted by Crippen LogP contribution is -2.31. The van der Waals surface area contributed by atoms with E-state index in [0.29, 0.717) is 5.88 Å². The Morgan fingerprint density at radius 1 is 1.43 bits per heavy atom. The van der Waals surface area contributed by atoms with Gasteiger partial charge in [0.25, 0.3) is 0 Å². The zero-order valence-corrected chi connectivity index (χ0v) is 8.79. The Kier molecular flexibility index (Phi) is 7.31. The highest BCUT2D eigenvalue weighted by atomic mass is 35.5. The van der Waals surface area contributed by atoms with Crippen molar-refractivity contribution in [3.63, 3.8) is 0 Å². The maximum absolute atomic E-state index is 11.5. The largest absolute Gasteiger partial charge is 0.522 e. The number of ether oxygens (including phenoxy) is 1. The zero-order valence-electron chi connectivity index (χ0n) is 8.03. The number of rotatable bonds is 7. The Morgan fingerprint density at radius 3 is 2.57 bits per heavy atom. The molecule has 0 radical (unpaired) electrons. The molecule has 1 unspecified atom stereocenters. The minimum absolute atomic E-state index is 0.172. The highest BCUT2D eigenvalue weighted by molar-refractivity contribution is 6.17. The summed E-state index contributed by atoms with van der Waals surface area (Å²) in [6.45, 7) is 1.75. The van der Waals surface area contributed by atoms with Crippen LogP contribution in [0.2, 0.25) is 0 Å². The van der Waals surface area contributed by atoms with Crippen LogP contribution in [0.4, 0.5) is 13.2 Å². The van der Waals surface area contributed by atoms with Crippen LogP contribution in [0.25, 0.3) is 0 Å². The lowest BCUT2D eigenvalue weighted by atomic mass is 10.2. The average molecular weight is 234 g/mol. The van der Waals surface area contributed by atoms with E-state index in [4.69, 9.17) is 11.6 Å². The third-order valence-corrected chi connectivity index (χ3v) is 1.90. The smallest absolute Gasteiger partial charge is 0.312 e. The van der Waals surface area contributed by atoms with Crippen molar-refractivity contribution in [2.24, 2.45) is 0 Å². The van der Waals surface area contributed by atoms with Gasteiger partial charge in [0, 0.05) is 18.5 Å². The second-order valence-electron chi connectivity index (χ2n) is 2.98. The summed E-state index contributed by atoms with van der Waals surface area (Å²) in [4.78, 5) is 0. The number of hydrogen-bond acceptors (Lipinski definition) is 2. The predicted molar refractivity (Wildman–Crippen MR) is 49.4 cm³/mol. The van der Waals surface area contributed by atoms with Gasteiger partial charge in [-0.15, -0.1) is 24.8 Å². The summed E-state index contributed by atoms with van der Waals surface area (Å²) in [5.41, 5.74) is 0. The van der Waals surface area contributed by atoms with Crippen LogP contribution >= 0.6 is 11.6 Å². The molecule has 6 heteroatoms. The van der Waals surface area contributed by atoms with Crippen LogP contribution in [0.1, 0.15) is 19.8 Å². The second-order valence-corrected chi connectivity index (χ2v) is 3.36. The van der Waals surface area contributed by atoms with E-state index in [0.717, 1.165) is 12.8 Å². The molecule has 1 N–H and O–H groups in total. The highest BCUT2D eigenvalue weighted by Gasteiger charge is 2.28.